The van der Waals surface area contributed by atoms with Gasteiger partial charge in [-0.3, -0.25) is 0 Å². The van der Waals surface area contributed by atoms with Crippen LogP contribution in [0.3, 0.4) is 0 Å². The van der Waals surface area contributed by atoms with Crippen LogP contribution in [-0.2, 0) is 4.74 Å². The second-order valence-electron chi connectivity index (χ2n) is 2.58. The zero-order valence-electron chi connectivity index (χ0n) is 7.18. The lowest BCUT2D eigenvalue weighted by atomic mass is 10.1. The van der Waals surface area contributed by atoms with E-state index in [9.17, 15) is 4.79 Å². The summed E-state index contributed by atoms with van der Waals surface area (Å²) in [6.45, 7) is -0.434. The van der Waals surface area contributed by atoms with Gasteiger partial charge < -0.3 is 14.9 Å². The lowest BCUT2D eigenvalue weighted by Crippen LogP contribution is -2.13. The molecule has 1 unspecified atom stereocenters. The molecule has 1 aromatic carbocycles. The summed E-state index contributed by atoms with van der Waals surface area (Å²) in [5, 5.41) is 17.7. The standard InChI is InChI=1S/C9H9ClO4/c10-7-4-2-1-3-6(7)8(5-11)14-9(12)13/h1-4,8,11H,5H2,(H,12,13). The number of carboxylic acid groups (broad SMARTS) is 1. The van der Waals surface area contributed by atoms with E-state index in [0.717, 1.165) is 0 Å². The molecule has 0 aliphatic rings. The fourth-order valence-electron chi connectivity index (χ4n) is 1.06. The topological polar surface area (TPSA) is 66.8 Å². The molecule has 0 spiro atoms. The van der Waals surface area contributed by atoms with Gasteiger partial charge in [0.15, 0.2) is 6.10 Å². The van der Waals surface area contributed by atoms with Crippen LogP contribution in [0, 0.1) is 0 Å². The van der Waals surface area contributed by atoms with Gasteiger partial charge >= 0.3 is 6.16 Å². The summed E-state index contributed by atoms with van der Waals surface area (Å²) >= 11 is 5.80. The molecule has 1 aromatic rings. The molecule has 1 rings (SSSR count). The van der Waals surface area contributed by atoms with E-state index in [0.29, 0.717) is 10.6 Å². The van der Waals surface area contributed by atoms with Crippen molar-refractivity contribution >= 4 is 17.8 Å². The minimum atomic E-state index is -1.44. The molecule has 0 aliphatic carbocycles. The zero-order valence-corrected chi connectivity index (χ0v) is 7.94. The number of aliphatic hydroxyl groups is 1. The van der Waals surface area contributed by atoms with Gasteiger partial charge in [0.25, 0.3) is 0 Å². The highest BCUT2D eigenvalue weighted by Gasteiger charge is 2.17. The average molecular weight is 217 g/mol. The van der Waals surface area contributed by atoms with E-state index in [1.54, 1.807) is 24.3 Å². The monoisotopic (exact) mass is 216 g/mol. The van der Waals surface area contributed by atoms with Crippen molar-refractivity contribution < 1.29 is 19.7 Å². The fraction of sp³-hybridized carbons (Fsp3) is 0.222. The smallest absolute Gasteiger partial charge is 0.450 e. The SMILES string of the molecule is O=C(O)OC(CO)c1ccccc1Cl. The van der Waals surface area contributed by atoms with Crippen LogP contribution in [0.15, 0.2) is 24.3 Å². The van der Waals surface area contributed by atoms with Gasteiger partial charge in [-0.1, -0.05) is 29.8 Å². The third-order valence-corrected chi connectivity index (χ3v) is 2.01. The van der Waals surface area contributed by atoms with E-state index in [1.165, 1.54) is 0 Å². The Balaban J connectivity index is 2.89. The Hall–Kier alpha value is -1.26. The predicted octanol–water partition coefficient (Wildman–Crippen LogP) is 2.07. The number of carbonyl (C=O) groups is 1. The fourth-order valence-corrected chi connectivity index (χ4v) is 1.31. The summed E-state index contributed by atoms with van der Waals surface area (Å²) in [7, 11) is 0. The first kappa shape index (κ1) is 10.8. The van der Waals surface area contributed by atoms with Gasteiger partial charge in [-0.25, -0.2) is 4.79 Å². The van der Waals surface area contributed by atoms with Crippen molar-refractivity contribution in [2.24, 2.45) is 0 Å². The van der Waals surface area contributed by atoms with Crippen LogP contribution in [0.2, 0.25) is 5.02 Å². The number of benzene rings is 1. The quantitative estimate of drug-likeness (QED) is 0.759. The molecule has 0 amide bonds. The van der Waals surface area contributed by atoms with Crippen molar-refractivity contribution in [1.82, 2.24) is 0 Å². The summed E-state index contributed by atoms with van der Waals surface area (Å²) in [5.74, 6) is 0. The molecule has 0 saturated carbocycles. The summed E-state index contributed by atoms with van der Waals surface area (Å²) in [6.07, 6.45) is -2.37. The van der Waals surface area contributed by atoms with Crippen LogP contribution in [0.25, 0.3) is 0 Å². The highest BCUT2D eigenvalue weighted by Crippen LogP contribution is 2.24. The first-order valence-electron chi connectivity index (χ1n) is 3.90. The molecule has 4 nitrogen and oxygen atoms in total. The summed E-state index contributed by atoms with van der Waals surface area (Å²) in [4.78, 5) is 10.3. The minimum absolute atomic E-state index is 0.368. The molecule has 1 atom stereocenters. The van der Waals surface area contributed by atoms with Crippen LogP contribution in [0.1, 0.15) is 11.7 Å². The maximum absolute atomic E-state index is 10.3. The Bertz CT molecular complexity index is 326. The number of hydrogen-bond acceptors (Lipinski definition) is 3. The molecular weight excluding hydrogens is 208 g/mol. The van der Waals surface area contributed by atoms with Gasteiger partial charge in [0.05, 0.1) is 6.61 Å². The predicted molar refractivity (Wildman–Crippen MR) is 50.4 cm³/mol. The largest absolute Gasteiger partial charge is 0.506 e. The first-order chi connectivity index (χ1) is 6.65. The van der Waals surface area contributed by atoms with Crippen LogP contribution >= 0.6 is 11.6 Å². The molecule has 0 radical (unpaired) electrons. The highest BCUT2D eigenvalue weighted by atomic mass is 35.5. The maximum Gasteiger partial charge on any atom is 0.506 e. The molecular formula is C9H9ClO4. The number of aliphatic hydroxyl groups excluding tert-OH is 1. The Labute approximate surface area is 85.7 Å². The van der Waals surface area contributed by atoms with Gasteiger partial charge in [0.2, 0.25) is 0 Å². The van der Waals surface area contributed by atoms with Gasteiger partial charge in [-0.15, -0.1) is 0 Å². The summed E-state index contributed by atoms with van der Waals surface area (Å²) in [6, 6.07) is 6.60. The van der Waals surface area contributed by atoms with Gasteiger partial charge in [0, 0.05) is 10.6 Å². The van der Waals surface area contributed by atoms with Gasteiger partial charge in [-0.05, 0) is 6.07 Å². The number of ether oxygens (including phenoxy) is 1. The van der Waals surface area contributed by atoms with Crippen LogP contribution < -0.4 is 0 Å². The van der Waals surface area contributed by atoms with E-state index in [4.69, 9.17) is 21.8 Å². The molecule has 0 aromatic heterocycles. The second kappa shape index (κ2) is 4.83. The molecule has 0 fully saturated rings. The van der Waals surface area contributed by atoms with Crippen molar-refractivity contribution in [2.75, 3.05) is 6.61 Å². The van der Waals surface area contributed by atoms with E-state index < -0.39 is 18.9 Å². The van der Waals surface area contributed by atoms with E-state index in [2.05, 4.69) is 4.74 Å². The van der Waals surface area contributed by atoms with Crippen molar-refractivity contribution in [3.63, 3.8) is 0 Å². The Morgan fingerprint density at radius 1 is 1.50 bits per heavy atom. The number of rotatable bonds is 3. The van der Waals surface area contributed by atoms with Crippen molar-refractivity contribution in [3.8, 4) is 0 Å². The van der Waals surface area contributed by atoms with Gasteiger partial charge in [0.1, 0.15) is 0 Å². The van der Waals surface area contributed by atoms with E-state index >= 15 is 0 Å². The third kappa shape index (κ3) is 2.61. The van der Waals surface area contributed by atoms with Crippen LogP contribution in [0.5, 0.6) is 0 Å². The van der Waals surface area contributed by atoms with Crippen LogP contribution in [-0.4, -0.2) is 23.0 Å². The highest BCUT2D eigenvalue weighted by molar-refractivity contribution is 6.31. The third-order valence-electron chi connectivity index (χ3n) is 1.66. The normalized spacial score (nSPS) is 12.1. The second-order valence-corrected chi connectivity index (χ2v) is 2.98. The summed E-state index contributed by atoms with van der Waals surface area (Å²) < 4.78 is 4.45. The lowest BCUT2D eigenvalue weighted by molar-refractivity contribution is 0.0233. The Morgan fingerprint density at radius 3 is 2.64 bits per heavy atom. The summed E-state index contributed by atoms with van der Waals surface area (Å²) in [5.41, 5.74) is 0.457. The van der Waals surface area contributed by atoms with Crippen LogP contribution in [0.4, 0.5) is 4.79 Å². The Kier molecular flexibility index (Phi) is 3.73. The average Bonchev–Trinajstić information content (AvgIpc) is 2.15. The van der Waals surface area contributed by atoms with E-state index in [-0.39, 0.29) is 0 Å². The molecule has 0 bridgehead atoms. The van der Waals surface area contributed by atoms with Crippen molar-refractivity contribution in [1.29, 1.82) is 0 Å². The molecule has 2 N–H and O–H groups in total. The molecule has 0 heterocycles. The Morgan fingerprint density at radius 2 is 2.14 bits per heavy atom. The minimum Gasteiger partial charge on any atom is -0.450 e. The molecule has 76 valence electrons. The van der Waals surface area contributed by atoms with Gasteiger partial charge in [-0.2, -0.15) is 0 Å². The molecule has 0 saturated heterocycles. The molecule has 0 aliphatic heterocycles. The molecule has 14 heavy (non-hydrogen) atoms. The first-order valence-corrected chi connectivity index (χ1v) is 4.28. The van der Waals surface area contributed by atoms with E-state index in [1.807, 2.05) is 0 Å². The van der Waals surface area contributed by atoms with Crippen molar-refractivity contribution in [2.45, 2.75) is 6.10 Å². The lowest BCUT2D eigenvalue weighted by Gasteiger charge is -2.14. The molecule has 5 heteroatoms. The maximum atomic E-state index is 10.3. The zero-order chi connectivity index (χ0) is 10.6. The van der Waals surface area contributed by atoms with Crippen molar-refractivity contribution in [3.05, 3.63) is 34.9 Å². The number of halogens is 1. The number of hydrogen-bond donors (Lipinski definition) is 2.